The number of benzene rings is 1. The van der Waals surface area contributed by atoms with E-state index in [1.54, 1.807) is 0 Å². The number of piperidine rings is 1. The molecule has 1 fully saturated rings. The highest BCUT2D eigenvalue weighted by molar-refractivity contribution is 6.30. The van der Waals surface area contributed by atoms with E-state index in [0.29, 0.717) is 6.61 Å². The van der Waals surface area contributed by atoms with Crippen LogP contribution in [-0.2, 0) is 16.1 Å². The van der Waals surface area contributed by atoms with Crippen molar-refractivity contribution in [2.45, 2.75) is 26.3 Å². The molecule has 128 valence electrons. The molecule has 2 aromatic rings. The van der Waals surface area contributed by atoms with Crippen LogP contribution in [0, 0.1) is 5.92 Å². The Labute approximate surface area is 147 Å². The van der Waals surface area contributed by atoms with Crippen molar-refractivity contribution in [1.29, 1.82) is 0 Å². The number of quaternary nitrogens is 1. The minimum absolute atomic E-state index is 0.0401. The molecule has 6 heteroatoms. The fourth-order valence-electron chi connectivity index (χ4n) is 3.28. The summed E-state index contributed by atoms with van der Waals surface area (Å²) < 4.78 is 5.14. The maximum atomic E-state index is 11.8. The Morgan fingerprint density at radius 2 is 2.04 bits per heavy atom. The maximum Gasteiger partial charge on any atom is 0.309 e. The zero-order valence-corrected chi connectivity index (χ0v) is 14.6. The normalized spacial score (nSPS) is 20.8. The predicted octanol–water partition coefficient (Wildman–Crippen LogP) is 2.09. The molecule has 1 aromatic heterocycles. The summed E-state index contributed by atoms with van der Waals surface area (Å²) in [5.41, 5.74) is 3.33. The number of hydrogen-bond donors (Lipinski definition) is 2. The van der Waals surface area contributed by atoms with Gasteiger partial charge < -0.3 is 9.64 Å². The summed E-state index contributed by atoms with van der Waals surface area (Å²) in [6, 6.07) is 7.78. The standard InChI is InChI=1S/C18H22ClN3O2/c1-2-24-18(23)14-7-9-22(10-8-14)12-15-11-20-21-17(15)13-3-5-16(19)6-4-13/h3-6,11,14H,2,7-10,12H2,1H3,(H,20,21)/p+1. The second kappa shape index (κ2) is 7.81. The van der Waals surface area contributed by atoms with Crippen molar-refractivity contribution in [2.24, 2.45) is 5.92 Å². The Bertz CT molecular complexity index is 676. The largest absolute Gasteiger partial charge is 0.466 e. The van der Waals surface area contributed by atoms with E-state index < -0.39 is 0 Å². The van der Waals surface area contributed by atoms with Gasteiger partial charge in [-0.3, -0.25) is 9.89 Å². The van der Waals surface area contributed by atoms with E-state index in [9.17, 15) is 4.79 Å². The van der Waals surface area contributed by atoms with Gasteiger partial charge in [0.1, 0.15) is 6.54 Å². The molecule has 1 aliphatic rings. The van der Waals surface area contributed by atoms with E-state index in [2.05, 4.69) is 10.2 Å². The predicted molar refractivity (Wildman–Crippen MR) is 92.8 cm³/mol. The molecule has 1 saturated heterocycles. The van der Waals surface area contributed by atoms with Crippen molar-refractivity contribution >= 4 is 17.6 Å². The molecule has 0 amide bonds. The van der Waals surface area contributed by atoms with Crippen molar-refractivity contribution in [3.05, 3.63) is 41.0 Å². The highest BCUT2D eigenvalue weighted by Gasteiger charge is 2.29. The molecule has 1 aromatic carbocycles. The summed E-state index contributed by atoms with van der Waals surface area (Å²) in [5.74, 6) is 0.0236. The first-order valence-corrected chi connectivity index (χ1v) is 8.83. The molecule has 0 unspecified atom stereocenters. The average molecular weight is 349 g/mol. The number of likely N-dealkylation sites (tertiary alicyclic amines) is 1. The minimum atomic E-state index is -0.0401. The van der Waals surface area contributed by atoms with Gasteiger partial charge in [-0.1, -0.05) is 23.7 Å². The van der Waals surface area contributed by atoms with Gasteiger partial charge in [0.25, 0.3) is 0 Å². The number of H-pyrrole nitrogens is 1. The van der Waals surface area contributed by atoms with Gasteiger partial charge in [-0.05, 0) is 19.1 Å². The van der Waals surface area contributed by atoms with E-state index in [-0.39, 0.29) is 11.9 Å². The fourth-order valence-corrected chi connectivity index (χ4v) is 3.41. The third-order valence-corrected chi connectivity index (χ3v) is 4.86. The first-order chi connectivity index (χ1) is 11.7. The van der Waals surface area contributed by atoms with Crippen LogP contribution in [-0.4, -0.2) is 35.9 Å². The number of rotatable bonds is 5. The number of hydrogen-bond acceptors (Lipinski definition) is 3. The van der Waals surface area contributed by atoms with Crippen LogP contribution in [0.25, 0.3) is 11.3 Å². The number of ether oxygens (including phenoxy) is 1. The molecular formula is C18H23ClN3O2+. The van der Waals surface area contributed by atoms with Crippen LogP contribution in [0.2, 0.25) is 5.02 Å². The summed E-state index contributed by atoms with van der Waals surface area (Å²) in [7, 11) is 0. The lowest BCUT2D eigenvalue weighted by atomic mass is 9.96. The molecule has 0 saturated carbocycles. The zero-order valence-electron chi connectivity index (χ0n) is 13.8. The van der Waals surface area contributed by atoms with Gasteiger partial charge >= 0.3 is 5.97 Å². The van der Waals surface area contributed by atoms with Crippen molar-refractivity contribution in [1.82, 2.24) is 10.2 Å². The fraction of sp³-hybridized carbons (Fsp3) is 0.444. The molecule has 2 N–H and O–H groups in total. The first-order valence-electron chi connectivity index (χ1n) is 8.45. The molecular weight excluding hydrogens is 326 g/mol. The first kappa shape index (κ1) is 17.0. The van der Waals surface area contributed by atoms with Gasteiger partial charge in [-0.15, -0.1) is 0 Å². The highest BCUT2D eigenvalue weighted by Crippen LogP contribution is 2.22. The van der Waals surface area contributed by atoms with Gasteiger partial charge in [0.2, 0.25) is 0 Å². The number of esters is 1. The third-order valence-electron chi connectivity index (χ3n) is 4.60. The van der Waals surface area contributed by atoms with Crippen LogP contribution in [0.1, 0.15) is 25.3 Å². The molecule has 0 aliphatic carbocycles. The lowest BCUT2D eigenvalue weighted by molar-refractivity contribution is -0.919. The van der Waals surface area contributed by atoms with E-state index >= 15 is 0 Å². The van der Waals surface area contributed by atoms with Gasteiger partial charge in [0.15, 0.2) is 0 Å². The minimum Gasteiger partial charge on any atom is -0.466 e. The molecule has 0 spiro atoms. The van der Waals surface area contributed by atoms with Crippen LogP contribution in [0.15, 0.2) is 30.5 Å². The SMILES string of the molecule is CCOC(=O)C1CC[NH+](Cc2cn[nH]c2-c2ccc(Cl)cc2)CC1. The molecule has 0 atom stereocenters. The van der Waals surface area contributed by atoms with Crippen molar-refractivity contribution in [3.8, 4) is 11.3 Å². The number of aromatic amines is 1. The number of nitrogens with one attached hydrogen (secondary N) is 2. The van der Waals surface area contributed by atoms with Crippen LogP contribution in [0.4, 0.5) is 0 Å². The number of nitrogens with zero attached hydrogens (tertiary/aromatic N) is 1. The van der Waals surface area contributed by atoms with E-state index in [1.165, 1.54) is 10.5 Å². The van der Waals surface area contributed by atoms with Gasteiger partial charge in [-0.2, -0.15) is 5.10 Å². The Hall–Kier alpha value is -1.85. The van der Waals surface area contributed by atoms with Crippen molar-refractivity contribution < 1.29 is 14.4 Å². The van der Waals surface area contributed by atoms with E-state index in [0.717, 1.165) is 48.8 Å². The highest BCUT2D eigenvalue weighted by atomic mass is 35.5. The van der Waals surface area contributed by atoms with Gasteiger partial charge in [-0.25, -0.2) is 0 Å². The molecule has 1 aliphatic heterocycles. The van der Waals surface area contributed by atoms with Crippen molar-refractivity contribution in [3.63, 3.8) is 0 Å². The Morgan fingerprint density at radius 3 is 2.71 bits per heavy atom. The molecule has 0 bridgehead atoms. The molecule has 2 heterocycles. The second-order valence-corrected chi connectivity index (χ2v) is 6.67. The van der Waals surface area contributed by atoms with E-state index in [4.69, 9.17) is 16.3 Å². The molecule has 0 radical (unpaired) electrons. The van der Waals surface area contributed by atoms with Crippen LogP contribution in [0.5, 0.6) is 0 Å². The molecule has 5 nitrogen and oxygen atoms in total. The third kappa shape index (κ3) is 3.97. The van der Waals surface area contributed by atoms with Gasteiger partial charge in [0.05, 0.1) is 43.1 Å². The monoisotopic (exact) mass is 348 g/mol. The number of aromatic nitrogens is 2. The van der Waals surface area contributed by atoms with E-state index in [1.807, 2.05) is 37.4 Å². The summed E-state index contributed by atoms with van der Waals surface area (Å²) in [5, 5.41) is 8.03. The van der Waals surface area contributed by atoms with Crippen LogP contribution < -0.4 is 4.90 Å². The molecule has 24 heavy (non-hydrogen) atoms. The summed E-state index contributed by atoms with van der Waals surface area (Å²) in [6.45, 7) is 5.19. The van der Waals surface area contributed by atoms with Crippen molar-refractivity contribution in [2.75, 3.05) is 19.7 Å². The smallest absolute Gasteiger partial charge is 0.309 e. The average Bonchev–Trinajstić information content (AvgIpc) is 3.04. The zero-order chi connectivity index (χ0) is 16.9. The topological polar surface area (TPSA) is 59.4 Å². The lowest BCUT2D eigenvalue weighted by Crippen LogP contribution is -3.11. The summed E-state index contributed by atoms with van der Waals surface area (Å²) >= 11 is 5.96. The Morgan fingerprint density at radius 1 is 1.33 bits per heavy atom. The second-order valence-electron chi connectivity index (χ2n) is 6.23. The maximum absolute atomic E-state index is 11.8. The number of carbonyl (C=O) groups excluding carboxylic acids is 1. The van der Waals surface area contributed by atoms with Gasteiger partial charge in [0, 0.05) is 23.4 Å². The lowest BCUT2D eigenvalue weighted by Gasteiger charge is -2.28. The molecule has 3 rings (SSSR count). The summed E-state index contributed by atoms with van der Waals surface area (Å²) in [6.07, 6.45) is 3.68. The van der Waals surface area contributed by atoms with Crippen LogP contribution >= 0.6 is 11.6 Å². The Kier molecular flexibility index (Phi) is 5.53. The summed E-state index contributed by atoms with van der Waals surface area (Å²) in [4.78, 5) is 13.3. The number of carbonyl (C=O) groups is 1. The quantitative estimate of drug-likeness (QED) is 0.813. The number of halogens is 1. The van der Waals surface area contributed by atoms with Crippen LogP contribution in [0.3, 0.4) is 0 Å². The Balaban J connectivity index is 1.61.